The normalized spacial score (nSPS) is 16.4. The van der Waals surface area contributed by atoms with Gasteiger partial charge in [-0.15, -0.1) is 0 Å². The van der Waals surface area contributed by atoms with Crippen LogP contribution in [0.4, 0.5) is 16.2 Å². The number of carbonyl (C=O) groups is 2. The van der Waals surface area contributed by atoms with E-state index in [0.29, 0.717) is 30.3 Å². The molecular weight excluding hydrogens is 284 g/mol. The molecule has 22 heavy (non-hydrogen) atoms. The molecule has 0 atom stereocenters. The number of nitrogens with one attached hydrogen (secondary N) is 1. The number of hydrogen-bond donors (Lipinski definition) is 1. The van der Waals surface area contributed by atoms with Crippen molar-refractivity contribution in [2.45, 2.75) is 27.7 Å². The number of benzene rings is 1. The molecule has 2 rings (SSSR count). The standard InChI is InChI=1S/C16H22N2O4/c1-5-18-12-8-7-11(17-15(20)21-6-2)9-13(12)22-10-16(3,4)14(18)19/h7-9H,5-6,10H2,1-4H3,(H,17,20). The summed E-state index contributed by atoms with van der Waals surface area (Å²) in [7, 11) is 0. The Bertz CT molecular complexity index is 584. The average molecular weight is 306 g/mol. The summed E-state index contributed by atoms with van der Waals surface area (Å²) in [4.78, 5) is 25.8. The minimum absolute atomic E-state index is 0.0276. The lowest BCUT2D eigenvalue weighted by Gasteiger charge is -2.26. The van der Waals surface area contributed by atoms with Gasteiger partial charge in [0.25, 0.3) is 0 Å². The van der Waals surface area contributed by atoms with E-state index in [0.717, 1.165) is 0 Å². The second-order valence-corrected chi connectivity index (χ2v) is 5.75. The van der Waals surface area contributed by atoms with Crippen LogP contribution < -0.4 is 15.0 Å². The van der Waals surface area contributed by atoms with Crippen molar-refractivity contribution in [3.63, 3.8) is 0 Å². The number of hydrogen-bond acceptors (Lipinski definition) is 4. The molecule has 0 saturated carbocycles. The molecule has 0 aliphatic carbocycles. The first-order valence-corrected chi connectivity index (χ1v) is 7.41. The number of anilines is 2. The lowest BCUT2D eigenvalue weighted by molar-refractivity contribution is -0.127. The number of amides is 2. The van der Waals surface area contributed by atoms with E-state index in [2.05, 4.69) is 5.32 Å². The highest BCUT2D eigenvalue weighted by molar-refractivity contribution is 5.99. The Hall–Kier alpha value is -2.24. The van der Waals surface area contributed by atoms with Crippen LogP contribution in [-0.2, 0) is 9.53 Å². The highest BCUT2D eigenvalue weighted by Gasteiger charge is 2.37. The van der Waals surface area contributed by atoms with Gasteiger partial charge in [-0.25, -0.2) is 4.79 Å². The fraction of sp³-hybridized carbons (Fsp3) is 0.500. The third-order valence-corrected chi connectivity index (χ3v) is 3.50. The molecule has 120 valence electrons. The molecule has 1 aliphatic heterocycles. The van der Waals surface area contributed by atoms with Gasteiger partial charge in [0.2, 0.25) is 5.91 Å². The van der Waals surface area contributed by atoms with Crippen LogP contribution in [0.15, 0.2) is 18.2 Å². The molecular formula is C16H22N2O4. The van der Waals surface area contributed by atoms with Gasteiger partial charge < -0.3 is 14.4 Å². The molecule has 2 amide bonds. The van der Waals surface area contributed by atoms with Gasteiger partial charge in [-0.1, -0.05) is 0 Å². The molecule has 1 aromatic rings. The van der Waals surface area contributed by atoms with Crippen molar-refractivity contribution < 1.29 is 19.1 Å². The van der Waals surface area contributed by atoms with Crippen LogP contribution in [0.5, 0.6) is 5.75 Å². The smallest absolute Gasteiger partial charge is 0.411 e. The molecule has 0 saturated heterocycles. The van der Waals surface area contributed by atoms with E-state index in [4.69, 9.17) is 9.47 Å². The van der Waals surface area contributed by atoms with Crippen LogP contribution in [0.2, 0.25) is 0 Å². The van der Waals surface area contributed by atoms with Gasteiger partial charge in [-0.3, -0.25) is 10.1 Å². The summed E-state index contributed by atoms with van der Waals surface area (Å²) in [6.45, 7) is 8.55. The quantitative estimate of drug-likeness (QED) is 0.932. The van der Waals surface area contributed by atoms with Crippen molar-refractivity contribution in [1.29, 1.82) is 0 Å². The predicted octanol–water partition coefficient (Wildman–Crippen LogP) is 3.03. The van der Waals surface area contributed by atoms with Crippen molar-refractivity contribution in [2.24, 2.45) is 5.41 Å². The first-order valence-electron chi connectivity index (χ1n) is 7.41. The Morgan fingerprint density at radius 3 is 2.77 bits per heavy atom. The summed E-state index contributed by atoms with van der Waals surface area (Å²) >= 11 is 0. The molecule has 0 aromatic heterocycles. The van der Waals surface area contributed by atoms with Crippen molar-refractivity contribution in [2.75, 3.05) is 30.0 Å². The van der Waals surface area contributed by atoms with Gasteiger partial charge in [0.15, 0.2) is 0 Å². The van der Waals surface area contributed by atoms with E-state index in [-0.39, 0.29) is 12.5 Å². The van der Waals surface area contributed by atoms with E-state index < -0.39 is 11.5 Å². The van der Waals surface area contributed by atoms with E-state index in [1.165, 1.54) is 0 Å². The topological polar surface area (TPSA) is 67.9 Å². The SMILES string of the molecule is CCOC(=O)Nc1ccc2c(c1)OCC(C)(C)C(=O)N2CC. The Morgan fingerprint density at radius 2 is 2.14 bits per heavy atom. The summed E-state index contributed by atoms with van der Waals surface area (Å²) in [5, 5.41) is 2.63. The summed E-state index contributed by atoms with van der Waals surface area (Å²) in [6, 6.07) is 5.22. The molecule has 0 radical (unpaired) electrons. The van der Waals surface area contributed by atoms with Crippen LogP contribution in [0.3, 0.4) is 0 Å². The van der Waals surface area contributed by atoms with E-state index >= 15 is 0 Å². The van der Waals surface area contributed by atoms with Gasteiger partial charge in [-0.2, -0.15) is 0 Å². The Labute approximate surface area is 130 Å². The van der Waals surface area contributed by atoms with Crippen LogP contribution in [0, 0.1) is 5.41 Å². The molecule has 6 nitrogen and oxygen atoms in total. The van der Waals surface area contributed by atoms with E-state index in [9.17, 15) is 9.59 Å². The minimum Gasteiger partial charge on any atom is -0.490 e. The monoisotopic (exact) mass is 306 g/mol. The summed E-state index contributed by atoms with van der Waals surface area (Å²) in [5.41, 5.74) is 0.692. The van der Waals surface area contributed by atoms with E-state index in [1.807, 2.05) is 20.8 Å². The average Bonchev–Trinajstić information content (AvgIpc) is 2.56. The van der Waals surface area contributed by atoms with Crippen LogP contribution >= 0.6 is 0 Å². The highest BCUT2D eigenvalue weighted by Crippen LogP contribution is 2.38. The Morgan fingerprint density at radius 1 is 1.41 bits per heavy atom. The van der Waals surface area contributed by atoms with Gasteiger partial charge >= 0.3 is 6.09 Å². The van der Waals surface area contributed by atoms with Crippen molar-refractivity contribution in [3.8, 4) is 5.75 Å². The first-order chi connectivity index (χ1) is 10.4. The Kier molecular flexibility index (Phi) is 4.59. The minimum atomic E-state index is -0.593. The molecule has 1 aliphatic rings. The fourth-order valence-corrected chi connectivity index (χ4v) is 2.32. The fourth-order valence-electron chi connectivity index (χ4n) is 2.32. The maximum absolute atomic E-state index is 12.6. The largest absolute Gasteiger partial charge is 0.490 e. The second-order valence-electron chi connectivity index (χ2n) is 5.75. The third-order valence-electron chi connectivity index (χ3n) is 3.50. The zero-order valence-corrected chi connectivity index (χ0v) is 13.4. The molecule has 0 spiro atoms. The van der Waals surface area contributed by atoms with Gasteiger partial charge in [0, 0.05) is 18.3 Å². The molecule has 1 aromatic carbocycles. The van der Waals surface area contributed by atoms with Crippen molar-refractivity contribution >= 4 is 23.4 Å². The number of rotatable bonds is 3. The van der Waals surface area contributed by atoms with Crippen LogP contribution in [0.25, 0.3) is 0 Å². The maximum atomic E-state index is 12.6. The van der Waals surface area contributed by atoms with E-state index in [1.54, 1.807) is 30.0 Å². The summed E-state index contributed by atoms with van der Waals surface area (Å²) in [5.74, 6) is 0.606. The molecule has 0 unspecified atom stereocenters. The lowest BCUT2D eigenvalue weighted by Crippen LogP contribution is -2.42. The third kappa shape index (κ3) is 3.16. The first kappa shape index (κ1) is 16.1. The Balaban J connectivity index is 2.32. The number of carbonyl (C=O) groups excluding carboxylic acids is 2. The molecule has 1 heterocycles. The molecule has 1 N–H and O–H groups in total. The molecule has 6 heteroatoms. The van der Waals surface area contributed by atoms with Gasteiger partial charge in [-0.05, 0) is 39.8 Å². The van der Waals surface area contributed by atoms with Gasteiger partial charge in [0.1, 0.15) is 12.4 Å². The molecule has 0 fully saturated rings. The number of nitrogens with zero attached hydrogens (tertiary/aromatic N) is 1. The van der Waals surface area contributed by atoms with Crippen LogP contribution in [-0.4, -0.2) is 31.8 Å². The zero-order valence-electron chi connectivity index (χ0n) is 13.4. The van der Waals surface area contributed by atoms with Gasteiger partial charge in [0.05, 0.1) is 17.7 Å². The second kappa shape index (κ2) is 6.25. The lowest BCUT2D eigenvalue weighted by atomic mass is 9.93. The zero-order chi connectivity index (χ0) is 16.3. The summed E-state index contributed by atoms with van der Waals surface area (Å²) in [6.07, 6.45) is -0.514. The summed E-state index contributed by atoms with van der Waals surface area (Å²) < 4.78 is 10.6. The molecule has 0 bridgehead atoms. The maximum Gasteiger partial charge on any atom is 0.411 e. The number of ether oxygens (including phenoxy) is 2. The van der Waals surface area contributed by atoms with Crippen LogP contribution in [0.1, 0.15) is 27.7 Å². The highest BCUT2D eigenvalue weighted by atomic mass is 16.5. The van der Waals surface area contributed by atoms with Crippen molar-refractivity contribution in [1.82, 2.24) is 0 Å². The van der Waals surface area contributed by atoms with Crippen molar-refractivity contribution in [3.05, 3.63) is 18.2 Å². The number of fused-ring (bicyclic) bond motifs is 1. The predicted molar refractivity (Wildman–Crippen MR) is 84.4 cm³/mol.